The minimum Gasteiger partial charge on any atom is -0.289 e. The van der Waals surface area contributed by atoms with Crippen LogP contribution in [0.15, 0.2) is 59.5 Å². The average Bonchev–Trinajstić information content (AvgIpc) is 2.58. The molecule has 1 aromatic carbocycles. The number of hydrogen-bond acceptors (Lipinski definition) is 5. The number of nitrogens with zero attached hydrogens (tertiary/aromatic N) is 4. The number of anilines is 1. The highest BCUT2D eigenvalue weighted by molar-refractivity contribution is 6.01. The van der Waals surface area contributed by atoms with E-state index in [-0.39, 0.29) is 17.2 Å². The molecule has 0 saturated heterocycles. The molecule has 0 aliphatic heterocycles. The molecule has 0 spiro atoms. The molecular formula is C17H15N5O2. The number of hydrogen-bond donors (Lipinski definition) is 1. The van der Waals surface area contributed by atoms with Gasteiger partial charge in [0.15, 0.2) is 0 Å². The summed E-state index contributed by atoms with van der Waals surface area (Å²) >= 11 is 0. The van der Waals surface area contributed by atoms with Gasteiger partial charge >= 0.3 is 0 Å². The van der Waals surface area contributed by atoms with Gasteiger partial charge in [-0.1, -0.05) is 30.3 Å². The Kier molecular flexibility index (Phi) is 4.42. The first kappa shape index (κ1) is 15.5. The van der Waals surface area contributed by atoms with Crippen LogP contribution in [0.25, 0.3) is 0 Å². The van der Waals surface area contributed by atoms with E-state index in [9.17, 15) is 9.59 Å². The summed E-state index contributed by atoms with van der Waals surface area (Å²) < 4.78 is 1.25. The second-order valence-electron chi connectivity index (χ2n) is 5.18. The standard InChI is InChI=1S/C17H15N5O2/c1-12-9-10-18-17(19-12)20-16(24)14-7-8-15(23)22(21-14)11-13-5-3-2-4-6-13/h2-10H,11H2,1H3,(H,18,19,20,24). The van der Waals surface area contributed by atoms with Crippen LogP contribution in [0.4, 0.5) is 5.95 Å². The number of aryl methyl sites for hydroxylation is 1. The quantitative estimate of drug-likeness (QED) is 0.789. The zero-order chi connectivity index (χ0) is 16.9. The number of nitrogens with one attached hydrogen (secondary N) is 1. The van der Waals surface area contributed by atoms with Gasteiger partial charge in [-0.15, -0.1) is 0 Å². The first-order valence-electron chi connectivity index (χ1n) is 7.35. The molecule has 1 N–H and O–H groups in total. The summed E-state index contributed by atoms with van der Waals surface area (Å²) in [5.74, 6) is -0.273. The second kappa shape index (κ2) is 6.82. The van der Waals surface area contributed by atoms with Gasteiger partial charge in [-0.25, -0.2) is 14.6 Å². The zero-order valence-corrected chi connectivity index (χ0v) is 13.0. The molecular weight excluding hydrogens is 306 g/mol. The van der Waals surface area contributed by atoms with Crippen molar-refractivity contribution in [2.75, 3.05) is 5.32 Å². The number of rotatable bonds is 4. The fourth-order valence-electron chi connectivity index (χ4n) is 2.11. The molecule has 3 rings (SSSR count). The Bertz CT molecular complexity index is 922. The molecule has 2 aromatic heterocycles. The summed E-state index contributed by atoms with van der Waals surface area (Å²) in [7, 11) is 0. The fraction of sp³-hybridized carbons (Fsp3) is 0.118. The van der Waals surface area contributed by atoms with Crippen molar-refractivity contribution in [3.8, 4) is 0 Å². The summed E-state index contributed by atoms with van der Waals surface area (Å²) in [4.78, 5) is 32.3. The van der Waals surface area contributed by atoms with E-state index in [1.807, 2.05) is 30.3 Å². The lowest BCUT2D eigenvalue weighted by molar-refractivity contribution is 0.101. The smallest absolute Gasteiger partial charge is 0.278 e. The third-order valence-corrected chi connectivity index (χ3v) is 3.29. The van der Waals surface area contributed by atoms with Gasteiger partial charge in [-0.05, 0) is 24.6 Å². The van der Waals surface area contributed by atoms with E-state index in [0.29, 0.717) is 6.54 Å². The van der Waals surface area contributed by atoms with Crippen molar-refractivity contribution in [2.45, 2.75) is 13.5 Å². The number of benzene rings is 1. The molecule has 0 aliphatic carbocycles. The van der Waals surface area contributed by atoms with Crippen LogP contribution in [0.5, 0.6) is 0 Å². The van der Waals surface area contributed by atoms with E-state index in [2.05, 4.69) is 20.4 Å². The summed E-state index contributed by atoms with van der Waals surface area (Å²) in [5.41, 5.74) is 1.51. The Morgan fingerprint density at radius 2 is 1.92 bits per heavy atom. The number of carbonyl (C=O) groups is 1. The Balaban J connectivity index is 1.82. The molecule has 2 heterocycles. The van der Waals surface area contributed by atoms with Gasteiger partial charge in [-0.2, -0.15) is 5.10 Å². The predicted molar refractivity (Wildman–Crippen MR) is 88.8 cm³/mol. The highest BCUT2D eigenvalue weighted by Crippen LogP contribution is 2.03. The van der Waals surface area contributed by atoms with E-state index < -0.39 is 5.91 Å². The summed E-state index contributed by atoms with van der Waals surface area (Å²) in [6, 6.07) is 13.9. The van der Waals surface area contributed by atoms with Crippen molar-refractivity contribution in [1.29, 1.82) is 0 Å². The average molecular weight is 321 g/mol. The maximum absolute atomic E-state index is 12.3. The molecule has 7 heteroatoms. The molecule has 0 aliphatic rings. The fourth-order valence-corrected chi connectivity index (χ4v) is 2.11. The lowest BCUT2D eigenvalue weighted by Crippen LogP contribution is -2.26. The summed E-state index contributed by atoms with van der Waals surface area (Å²) in [5, 5.41) is 6.69. The van der Waals surface area contributed by atoms with Crippen LogP contribution in [0.3, 0.4) is 0 Å². The zero-order valence-electron chi connectivity index (χ0n) is 13.0. The third-order valence-electron chi connectivity index (χ3n) is 3.29. The van der Waals surface area contributed by atoms with E-state index in [1.165, 1.54) is 16.8 Å². The third kappa shape index (κ3) is 3.70. The van der Waals surface area contributed by atoms with Crippen LogP contribution < -0.4 is 10.9 Å². The van der Waals surface area contributed by atoms with Crippen LogP contribution in [0.1, 0.15) is 21.7 Å². The molecule has 0 bridgehead atoms. The van der Waals surface area contributed by atoms with Gasteiger partial charge in [0.05, 0.1) is 6.54 Å². The van der Waals surface area contributed by atoms with Gasteiger partial charge in [0.25, 0.3) is 11.5 Å². The first-order chi connectivity index (χ1) is 11.6. The normalized spacial score (nSPS) is 10.4. The van der Waals surface area contributed by atoms with Gasteiger partial charge in [0, 0.05) is 18.0 Å². The molecule has 120 valence electrons. The molecule has 7 nitrogen and oxygen atoms in total. The van der Waals surface area contributed by atoms with Crippen LogP contribution in [0.2, 0.25) is 0 Å². The second-order valence-corrected chi connectivity index (χ2v) is 5.18. The number of amides is 1. The summed E-state index contributed by atoms with van der Waals surface area (Å²) in [6.07, 6.45) is 1.56. The highest BCUT2D eigenvalue weighted by Gasteiger charge is 2.11. The number of aromatic nitrogens is 4. The van der Waals surface area contributed by atoms with E-state index in [0.717, 1.165) is 11.3 Å². The van der Waals surface area contributed by atoms with Crippen molar-refractivity contribution in [3.05, 3.63) is 82.0 Å². The van der Waals surface area contributed by atoms with Crippen LogP contribution >= 0.6 is 0 Å². The first-order valence-corrected chi connectivity index (χ1v) is 7.35. The van der Waals surface area contributed by atoms with E-state index in [4.69, 9.17) is 0 Å². The van der Waals surface area contributed by atoms with Gasteiger partial charge < -0.3 is 0 Å². The predicted octanol–water partition coefficient (Wildman–Crippen LogP) is 1.64. The van der Waals surface area contributed by atoms with Crippen molar-refractivity contribution in [2.24, 2.45) is 0 Å². The Hall–Kier alpha value is -3.35. The molecule has 24 heavy (non-hydrogen) atoms. The van der Waals surface area contributed by atoms with Crippen molar-refractivity contribution >= 4 is 11.9 Å². The van der Waals surface area contributed by atoms with Gasteiger partial charge in [0.1, 0.15) is 5.69 Å². The minimum absolute atomic E-state index is 0.121. The van der Waals surface area contributed by atoms with E-state index in [1.54, 1.807) is 19.2 Å². The maximum Gasteiger partial charge on any atom is 0.278 e. The summed E-state index contributed by atoms with van der Waals surface area (Å²) in [6.45, 7) is 2.09. The molecule has 0 radical (unpaired) electrons. The largest absolute Gasteiger partial charge is 0.289 e. The lowest BCUT2D eigenvalue weighted by Gasteiger charge is -2.07. The molecule has 0 unspecified atom stereocenters. The number of carbonyl (C=O) groups excluding carboxylic acids is 1. The molecule has 1 amide bonds. The van der Waals surface area contributed by atoms with Crippen LogP contribution in [-0.4, -0.2) is 25.7 Å². The highest BCUT2D eigenvalue weighted by atomic mass is 16.2. The van der Waals surface area contributed by atoms with Gasteiger partial charge in [0.2, 0.25) is 5.95 Å². The van der Waals surface area contributed by atoms with Crippen molar-refractivity contribution in [1.82, 2.24) is 19.7 Å². The topological polar surface area (TPSA) is 89.8 Å². The SMILES string of the molecule is Cc1ccnc(NC(=O)c2ccc(=O)n(Cc3ccccc3)n2)n1. The van der Waals surface area contributed by atoms with E-state index >= 15 is 0 Å². The van der Waals surface area contributed by atoms with Crippen molar-refractivity contribution in [3.63, 3.8) is 0 Å². The molecule has 0 saturated carbocycles. The maximum atomic E-state index is 12.3. The molecule has 3 aromatic rings. The monoisotopic (exact) mass is 321 g/mol. The Labute approximate surface area is 138 Å². The van der Waals surface area contributed by atoms with Crippen LogP contribution in [0, 0.1) is 6.92 Å². The minimum atomic E-state index is -0.470. The van der Waals surface area contributed by atoms with Crippen molar-refractivity contribution < 1.29 is 4.79 Å². The Morgan fingerprint density at radius 1 is 1.12 bits per heavy atom. The Morgan fingerprint density at radius 3 is 2.67 bits per heavy atom. The molecule has 0 atom stereocenters. The lowest BCUT2D eigenvalue weighted by atomic mass is 10.2. The molecule has 0 fully saturated rings. The van der Waals surface area contributed by atoms with Gasteiger partial charge in [-0.3, -0.25) is 14.9 Å². The van der Waals surface area contributed by atoms with Crippen LogP contribution in [-0.2, 0) is 6.54 Å².